The molecule has 0 saturated heterocycles. The maximum atomic E-state index is 13.5. The van der Waals surface area contributed by atoms with Gasteiger partial charge in [-0.2, -0.15) is 0 Å². The van der Waals surface area contributed by atoms with Gasteiger partial charge in [-0.15, -0.1) is 11.8 Å². The first-order valence-electron chi connectivity index (χ1n) is 8.17. The van der Waals surface area contributed by atoms with Gasteiger partial charge in [-0.05, 0) is 42.0 Å². The zero-order chi connectivity index (χ0) is 19.8. The fraction of sp³-hybridized carbons (Fsp3) is 0.263. The summed E-state index contributed by atoms with van der Waals surface area (Å²) in [7, 11) is 2.99. The van der Waals surface area contributed by atoms with Crippen LogP contribution in [0.4, 0.5) is 8.78 Å². The molecule has 0 fully saturated rings. The molecule has 2 aromatic rings. The predicted molar refractivity (Wildman–Crippen MR) is 99.6 cm³/mol. The third kappa shape index (κ3) is 5.96. The quantitative estimate of drug-likeness (QED) is 0.676. The van der Waals surface area contributed by atoms with Crippen LogP contribution < -0.4 is 15.4 Å². The van der Waals surface area contributed by atoms with Crippen LogP contribution in [0.25, 0.3) is 0 Å². The number of benzene rings is 2. The van der Waals surface area contributed by atoms with E-state index in [4.69, 9.17) is 4.74 Å². The minimum atomic E-state index is -1.09. The van der Waals surface area contributed by atoms with Gasteiger partial charge in [0.05, 0.1) is 7.11 Å². The zero-order valence-corrected chi connectivity index (χ0v) is 15.7. The Bertz CT molecular complexity index is 800. The van der Waals surface area contributed by atoms with Crippen molar-refractivity contribution in [3.63, 3.8) is 0 Å². The van der Waals surface area contributed by atoms with Gasteiger partial charge in [-0.25, -0.2) is 8.78 Å². The van der Waals surface area contributed by atoms with Crippen molar-refractivity contribution in [3.8, 4) is 5.75 Å². The van der Waals surface area contributed by atoms with Crippen LogP contribution in [-0.4, -0.2) is 31.7 Å². The van der Waals surface area contributed by atoms with Crippen LogP contribution in [0, 0.1) is 11.6 Å². The first-order valence-corrected chi connectivity index (χ1v) is 9.16. The Morgan fingerprint density at radius 3 is 2.41 bits per heavy atom. The maximum absolute atomic E-state index is 13.5. The summed E-state index contributed by atoms with van der Waals surface area (Å²) in [6.45, 7) is 0. The van der Waals surface area contributed by atoms with E-state index in [0.717, 1.165) is 22.8 Å². The summed E-state index contributed by atoms with van der Waals surface area (Å²) >= 11 is 1.48. The molecule has 27 heavy (non-hydrogen) atoms. The van der Waals surface area contributed by atoms with Crippen molar-refractivity contribution in [2.24, 2.45) is 0 Å². The molecule has 1 unspecified atom stereocenters. The number of likely N-dealkylation sites (N-methyl/N-ethyl adjacent to an activating group) is 1. The van der Waals surface area contributed by atoms with E-state index in [0.29, 0.717) is 5.75 Å². The highest BCUT2D eigenvalue weighted by Crippen LogP contribution is 2.22. The van der Waals surface area contributed by atoms with E-state index >= 15 is 0 Å². The second-order valence-electron chi connectivity index (χ2n) is 5.56. The van der Waals surface area contributed by atoms with E-state index in [2.05, 4.69) is 10.6 Å². The normalized spacial score (nSPS) is 11.6. The second-order valence-corrected chi connectivity index (χ2v) is 6.73. The Balaban J connectivity index is 1.94. The van der Waals surface area contributed by atoms with Crippen molar-refractivity contribution < 1.29 is 23.1 Å². The van der Waals surface area contributed by atoms with Crippen molar-refractivity contribution in [1.82, 2.24) is 10.6 Å². The number of amides is 2. The van der Waals surface area contributed by atoms with Crippen LogP contribution in [0.1, 0.15) is 18.0 Å². The molecule has 8 heteroatoms. The van der Waals surface area contributed by atoms with E-state index in [-0.39, 0.29) is 17.9 Å². The number of halogens is 2. The first-order chi connectivity index (χ1) is 12.9. The summed E-state index contributed by atoms with van der Waals surface area (Å²) in [5.74, 6) is -1.73. The van der Waals surface area contributed by atoms with E-state index in [1.807, 2.05) is 24.3 Å². The van der Waals surface area contributed by atoms with Crippen molar-refractivity contribution in [3.05, 3.63) is 59.7 Å². The highest BCUT2D eigenvalue weighted by molar-refractivity contribution is 7.99. The molecule has 0 aromatic heterocycles. The molecule has 0 radical (unpaired) electrons. The van der Waals surface area contributed by atoms with Crippen LogP contribution >= 0.6 is 11.8 Å². The molecule has 0 saturated carbocycles. The molecule has 0 heterocycles. The Hall–Kier alpha value is -2.61. The van der Waals surface area contributed by atoms with Crippen LogP contribution in [0.15, 0.2) is 47.4 Å². The molecule has 0 aliphatic rings. The highest BCUT2D eigenvalue weighted by atomic mass is 32.2. The van der Waals surface area contributed by atoms with Gasteiger partial charge < -0.3 is 15.4 Å². The molecule has 2 aromatic carbocycles. The van der Waals surface area contributed by atoms with Crippen LogP contribution in [0.2, 0.25) is 0 Å². The van der Waals surface area contributed by atoms with Gasteiger partial charge in [0.1, 0.15) is 11.8 Å². The molecular formula is C19H20F2N2O3S. The summed E-state index contributed by atoms with van der Waals surface area (Å²) in [6, 6.07) is 9.42. The topological polar surface area (TPSA) is 67.4 Å². The summed E-state index contributed by atoms with van der Waals surface area (Å²) < 4.78 is 31.7. The van der Waals surface area contributed by atoms with Crippen molar-refractivity contribution in [1.29, 1.82) is 0 Å². The third-order valence-electron chi connectivity index (χ3n) is 3.75. The number of thioether (sulfide) groups is 1. The minimum absolute atomic E-state index is 0.161. The number of hydrogen-bond acceptors (Lipinski definition) is 4. The Morgan fingerprint density at radius 2 is 1.81 bits per heavy atom. The SMILES string of the molecule is CNC(=O)C(NC(=O)CCSc1ccc(OC)cc1)c1ccc(F)c(F)c1. The lowest BCUT2D eigenvalue weighted by Crippen LogP contribution is -2.39. The molecule has 0 spiro atoms. The number of methoxy groups -OCH3 is 1. The Morgan fingerprint density at radius 1 is 1.11 bits per heavy atom. The molecule has 2 rings (SSSR count). The molecule has 5 nitrogen and oxygen atoms in total. The number of nitrogens with one attached hydrogen (secondary N) is 2. The van der Waals surface area contributed by atoms with E-state index < -0.39 is 23.6 Å². The molecule has 1 atom stereocenters. The summed E-state index contributed by atoms with van der Waals surface area (Å²) in [5.41, 5.74) is 0.171. The Labute approximate surface area is 160 Å². The van der Waals surface area contributed by atoms with Gasteiger partial charge in [0, 0.05) is 24.1 Å². The van der Waals surface area contributed by atoms with Crippen LogP contribution in [0.5, 0.6) is 5.75 Å². The molecule has 144 valence electrons. The van der Waals surface area contributed by atoms with E-state index in [1.54, 1.807) is 7.11 Å². The number of carbonyl (C=O) groups excluding carboxylic acids is 2. The summed E-state index contributed by atoms with van der Waals surface area (Å²) in [6.07, 6.45) is 0.161. The molecule has 0 aliphatic heterocycles. The summed E-state index contributed by atoms with van der Waals surface area (Å²) in [4.78, 5) is 25.2. The largest absolute Gasteiger partial charge is 0.497 e. The number of ether oxygens (including phenoxy) is 1. The molecule has 2 N–H and O–H groups in total. The Kier molecular flexibility index (Phi) is 7.60. The molecule has 2 amide bonds. The van der Waals surface area contributed by atoms with Crippen LogP contribution in [0.3, 0.4) is 0 Å². The van der Waals surface area contributed by atoms with Gasteiger partial charge >= 0.3 is 0 Å². The van der Waals surface area contributed by atoms with Gasteiger partial charge in [0.15, 0.2) is 11.6 Å². The fourth-order valence-electron chi connectivity index (χ4n) is 2.30. The summed E-state index contributed by atoms with van der Waals surface area (Å²) in [5, 5.41) is 4.97. The zero-order valence-electron chi connectivity index (χ0n) is 14.9. The average Bonchev–Trinajstić information content (AvgIpc) is 2.68. The highest BCUT2D eigenvalue weighted by Gasteiger charge is 2.22. The maximum Gasteiger partial charge on any atom is 0.246 e. The number of rotatable bonds is 8. The standard InChI is InChI=1S/C19H20F2N2O3S/c1-22-19(25)18(12-3-8-15(20)16(21)11-12)23-17(24)9-10-27-14-6-4-13(26-2)5-7-14/h3-8,11,18H,9-10H2,1-2H3,(H,22,25)(H,23,24). The molecular weight excluding hydrogens is 374 g/mol. The number of carbonyl (C=O) groups is 2. The monoisotopic (exact) mass is 394 g/mol. The second kappa shape index (κ2) is 9.91. The number of hydrogen-bond donors (Lipinski definition) is 2. The van der Waals surface area contributed by atoms with Crippen molar-refractivity contribution in [2.75, 3.05) is 19.9 Å². The molecule has 0 aliphatic carbocycles. The van der Waals surface area contributed by atoms with Crippen LogP contribution in [-0.2, 0) is 9.59 Å². The lowest BCUT2D eigenvalue weighted by atomic mass is 10.1. The van der Waals surface area contributed by atoms with Gasteiger partial charge in [-0.3, -0.25) is 9.59 Å². The van der Waals surface area contributed by atoms with Gasteiger partial charge in [-0.1, -0.05) is 6.07 Å². The lowest BCUT2D eigenvalue weighted by Gasteiger charge is -2.18. The fourth-order valence-corrected chi connectivity index (χ4v) is 3.15. The predicted octanol–water partition coefficient (Wildman–Crippen LogP) is 3.06. The van der Waals surface area contributed by atoms with Crippen molar-refractivity contribution >= 4 is 23.6 Å². The third-order valence-corrected chi connectivity index (χ3v) is 4.76. The minimum Gasteiger partial charge on any atom is -0.497 e. The first kappa shape index (κ1) is 20.7. The smallest absolute Gasteiger partial charge is 0.246 e. The molecule has 0 bridgehead atoms. The average molecular weight is 394 g/mol. The lowest BCUT2D eigenvalue weighted by molar-refractivity contribution is -0.128. The van der Waals surface area contributed by atoms with E-state index in [1.165, 1.54) is 24.9 Å². The van der Waals surface area contributed by atoms with Gasteiger partial charge in [0.2, 0.25) is 11.8 Å². The van der Waals surface area contributed by atoms with Gasteiger partial charge in [0.25, 0.3) is 0 Å². The van der Waals surface area contributed by atoms with E-state index in [9.17, 15) is 18.4 Å². The van der Waals surface area contributed by atoms with Crippen molar-refractivity contribution in [2.45, 2.75) is 17.4 Å².